The summed E-state index contributed by atoms with van der Waals surface area (Å²) in [5, 5.41) is 25.8. The van der Waals surface area contributed by atoms with Gasteiger partial charge in [-0.2, -0.15) is 5.26 Å². The Hall–Kier alpha value is -3.61. The summed E-state index contributed by atoms with van der Waals surface area (Å²) in [4.78, 5) is 12.5. The van der Waals surface area contributed by atoms with Gasteiger partial charge in [-0.1, -0.05) is 16.8 Å². The quantitative estimate of drug-likeness (QED) is 0.347. The van der Waals surface area contributed by atoms with Crippen molar-refractivity contribution in [3.63, 3.8) is 0 Å². The Balaban J connectivity index is 1.83. The first kappa shape index (κ1) is 21.1. The van der Waals surface area contributed by atoms with Crippen molar-refractivity contribution in [2.75, 3.05) is 5.32 Å². The van der Waals surface area contributed by atoms with Gasteiger partial charge in [0.15, 0.2) is 11.3 Å². The number of nitriles is 1. The molecule has 8 nitrogen and oxygen atoms in total. The van der Waals surface area contributed by atoms with E-state index < -0.39 is 27.1 Å². The SMILES string of the molecule is Cc1oncc1/C(O)=C(\C#N)C(=O)Nc1ccc(S(=O)(=O)c2ccc(Cl)cc2)cc1. The Bertz CT molecular complexity index is 1270. The molecule has 0 aliphatic heterocycles. The van der Waals surface area contributed by atoms with E-state index in [1.165, 1.54) is 61.7 Å². The van der Waals surface area contributed by atoms with Gasteiger partial charge in [-0.25, -0.2) is 8.42 Å². The van der Waals surface area contributed by atoms with Crippen LogP contribution in [0.15, 0.2) is 74.6 Å². The molecule has 0 saturated carbocycles. The highest BCUT2D eigenvalue weighted by Crippen LogP contribution is 2.24. The molecule has 0 fully saturated rings. The number of aliphatic hydroxyl groups excluding tert-OH is 1. The molecular weight excluding hydrogens is 430 g/mol. The second kappa shape index (κ2) is 8.41. The van der Waals surface area contributed by atoms with Crippen LogP contribution in [-0.2, 0) is 14.6 Å². The summed E-state index contributed by atoms with van der Waals surface area (Å²) in [5.74, 6) is -1.20. The molecule has 0 unspecified atom stereocenters. The van der Waals surface area contributed by atoms with Crippen molar-refractivity contribution in [1.29, 1.82) is 5.26 Å². The van der Waals surface area contributed by atoms with Crippen LogP contribution < -0.4 is 5.32 Å². The number of benzene rings is 2. The monoisotopic (exact) mass is 443 g/mol. The van der Waals surface area contributed by atoms with Gasteiger partial charge in [0.05, 0.1) is 21.6 Å². The molecule has 0 atom stereocenters. The normalized spacial score (nSPS) is 12.0. The fourth-order valence-corrected chi connectivity index (χ4v) is 3.92. The van der Waals surface area contributed by atoms with Gasteiger partial charge in [-0.05, 0) is 55.5 Å². The van der Waals surface area contributed by atoms with Crippen molar-refractivity contribution >= 4 is 38.8 Å². The number of carbonyl (C=O) groups excluding carboxylic acids is 1. The number of rotatable bonds is 5. The molecule has 3 rings (SSSR count). The standard InChI is InChI=1S/C20H14ClN3O5S/c1-12-18(11-23-29-12)19(25)17(10-22)20(26)24-14-4-8-16(9-5-14)30(27,28)15-6-2-13(21)3-7-15/h2-9,11,25H,1H3,(H,24,26)/b19-17-. The molecule has 2 aromatic carbocycles. The first-order chi connectivity index (χ1) is 14.2. The van der Waals surface area contributed by atoms with E-state index in [9.17, 15) is 23.6 Å². The number of hydrogen-bond acceptors (Lipinski definition) is 7. The highest BCUT2D eigenvalue weighted by molar-refractivity contribution is 7.91. The lowest BCUT2D eigenvalue weighted by atomic mass is 10.1. The maximum Gasteiger partial charge on any atom is 0.270 e. The molecular formula is C20H14ClN3O5S. The van der Waals surface area contributed by atoms with Crippen LogP contribution in [0.5, 0.6) is 0 Å². The highest BCUT2D eigenvalue weighted by Gasteiger charge is 2.21. The number of aromatic nitrogens is 1. The van der Waals surface area contributed by atoms with E-state index in [2.05, 4.69) is 10.5 Å². The Labute approximate surface area is 176 Å². The Morgan fingerprint density at radius 3 is 2.20 bits per heavy atom. The summed E-state index contributed by atoms with van der Waals surface area (Å²) < 4.78 is 30.1. The Kier molecular flexibility index (Phi) is 5.91. The second-order valence-electron chi connectivity index (χ2n) is 6.07. The molecule has 152 valence electrons. The summed E-state index contributed by atoms with van der Waals surface area (Å²) in [5.41, 5.74) is -0.192. The molecule has 10 heteroatoms. The second-order valence-corrected chi connectivity index (χ2v) is 8.45. The molecule has 3 aromatic rings. The topological polar surface area (TPSA) is 133 Å². The number of nitrogens with one attached hydrogen (secondary N) is 1. The van der Waals surface area contributed by atoms with Gasteiger partial charge in [0.1, 0.15) is 11.8 Å². The highest BCUT2D eigenvalue weighted by atomic mass is 35.5. The number of nitrogens with zero attached hydrogens (tertiary/aromatic N) is 2. The van der Waals surface area contributed by atoms with Crippen molar-refractivity contribution in [2.24, 2.45) is 0 Å². The van der Waals surface area contributed by atoms with Crippen LogP contribution in [0.25, 0.3) is 5.76 Å². The van der Waals surface area contributed by atoms with Crippen LogP contribution >= 0.6 is 11.6 Å². The minimum absolute atomic E-state index is 0.0156. The third-order valence-corrected chi connectivity index (χ3v) is 6.17. The predicted octanol–water partition coefficient (Wildman–Crippen LogP) is 3.90. The molecule has 1 aromatic heterocycles. The van der Waals surface area contributed by atoms with Gasteiger partial charge in [0.2, 0.25) is 9.84 Å². The molecule has 0 aliphatic rings. The molecule has 0 radical (unpaired) electrons. The predicted molar refractivity (Wildman–Crippen MR) is 108 cm³/mol. The molecule has 0 bridgehead atoms. The zero-order valence-corrected chi connectivity index (χ0v) is 17.0. The zero-order valence-electron chi connectivity index (χ0n) is 15.5. The van der Waals surface area contributed by atoms with Crippen LogP contribution in [-0.4, -0.2) is 24.6 Å². The van der Waals surface area contributed by atoms with Gasteiger partial charge in [0.25, 0.3) is 5.91 Å². The smallest absolute Gasteiger partial charge is 0.270 e. The molecule has 1 heterocycles. The minimum atomic E-state index is -3.76. The lowest BCUT2D eigenvalue weighted by molar-refractivity contribution is -0.112. The van der Waals surface area contributed by atoms with Gasteiger partial charge in [0, 0.05) is 10.7 Å². The molecule has 1 amide bonds. The number of halogens is 1. The van der Waals surface area contributed by atoms with E-state index in [0.717, 1.165) is 0 Å². The molecule has 0 aliphatic carbocycles. The van der Waals surface area contributed by atoms with Gasteiger partial charge in [-0.3, -0.25) is 4.79 Å². The van der Waals surface area contributed by atoms with Crippen LogP contribution in [0.3, 0.4) is 0 Å². The summed E-state index contributed by atoms with van der Waals surface area (Å²) in [6.45, 7) is 1.52. The number of anilines is 1. The molecule has 2 N–H and O–H groups in total. The zero-order chi connectivity index (χ0) is 21.9. The number of aryl methyl sites for hydroxylation is 1. The van der Waals surface area contributed by atoms with Crippen molar-refractivity contribution in [3.8, 4) is 6.07 Å². The van der Waals surface area contributed by atoms with E-state index in [1.807, 2.05) is 0 Å². The molecule has 0 spiro atoms. The lowest BCUT2D eigenvalue weighted by Gasteiger charge is -2.08. The third kappa shape index (κ3) is 4.20. The van der Waals surface area contributed by atoms with Crippen molar-refractivity contribution < 1.29 is 22.8 Å². The first-order valence-corrected chi connectivity index (χ1v) is 10.3. The minimum Gasteiger partial charge on any atom is -0.506 e. The van der Waals surface area contributed by atoms with Crippen LogP contribution in [0.1, 0.15) is 11.3 Å². The number of carbonyl (C=O) groups is 1. The van der Waals surface area contributed by atoms with E-state index in [0.29, 0.717) is 5.02 Å². The summed E-state index contributed by atoms with van der Waals surface area (Å²) in [6.07, 6.45) is 1.19. The van der Waals surface area contributed by atoms with Gasteiger partial charge >= 0.3 is 0 Å². The summed E-state index contributed by atoms with van der Waals surface area (Å²) in [7, 11) is -3.76. The van der Waals surface area contributed by atoms with E-state index >= 15 is 0 Å². The number of hydrogen-bond donors (Lipinski definition) is 2. The van der Waals surface area contributed by atoms with Crippen LogP contribution in [0, 0.1) is 18.3 Å². The maximum absolute atomic E-state index is 12.7. The number of amides is 1. The largest absolute Gasteiger partial charge is 0.506 e. The average Bonchev–Trinajstić information content (AvgIpc) is 3.15. The van der Waals surface area contributed by atoms with E-state index in [4.69, 9.17) is 16.1 Å². The molecule has 30 heavy (non-hydrogen) atoms. The van der Waals surface area contributed by atoms with E-state index in [-0.39, 0.29) is 26.8 Å². The fraction of sp³-hybridized carbons (Fsp3) is 0.0500. The Morgan fingerprint density at radius 2 is 1.70 bits per heavy atom. The van der Waals surface area contributed by atoms with Crippen molar-refractivity contribution in [2.45, 2.75) is 16.7 Å². The van der Waals surface area contributed by atoms with Crippen molar-refractivity contribution in [1.82, 2.24) is 5.16 Å². The van der Waals surface area contributed by atoms with E-state index in [1.54, 1.807) is 6.07 Å². The van der Waals surface area contributed by atoms with Crippen molar-refractivity contribution in [3.05, 3.63) is 76.6 Å². The summed E-state index contributed by atoms with van der Waals surface area (Å²) in [6, 6.07) is 12.8. The molecule has 0 saturated heterocycles. The van der Waals surface area contributed by atoms with Crippen LogP contribution in [0.4, 0.5) is 5.69 Å². The third-order valence-electron chi connectivity index (χ3n) is 4.13. The first-order valence-electron chi connectivity index (χ1n) is 8.41. The van der Waals surface area contributed by atoms with Gasteiger partial charge in [-0.15, -0.1) is 0 Å². The maximum atomic E-state index is 12.7. The average molecular weight is 444 g/mol. The number of sulfone groups is 1. The summed E-state index contributed by atoms with van der Waals surface area (Å²) >= 11 is 5.79. The van der Waals surface area contributed by atoms with Gasteiger partial charge < -0.3 is 14.9 Å². The van der Waals surface area contributed by atoms with Crippen LogP contribution in [0.2, 0.25) is 5.02 Å². The lowest BCUT2D eigenvalue weighted by Crippen LogP contribution is -2.15. The Morgan fingerprint density at radius 1 is 1.13 bits per heavy atom. The number of aliphatic hydroxyl groups is 1. The fourth-order valence-electron chi connectivity index (χ4n) is 2.53.